The minimum absolute atomic E-state index is 0.0489. The lowest BCUT2D eigenvalue weighted by Gasteiger charge is -2.29. The molecule has 0 aromatic heterocycles. The van der Waals surface area contributed by atoms with Gasteiger partial charge in [0.15, 0.2) is 0 Å². The van der Waals surface area contributed by atoms with Gasteiger partial charge in [0.05, 0.1) is 12.2 Å². The Bertz CT molecular complexity index is 876. The maximum absolute atomic E-state index is 12.6. The highest BCUT2D eigenvalue weighted by Crippen LogP contribution is 2.31. The molecule has 6 heteroatoms. The van der Waals surface area contributed by atoms with E-state index in [4.69, 9.17) is 4.74 Å². The van der Waals surface area contributed by atoms with Gasteiger partial charge < -0.3 is 15.0 Å². The molecule has 158 valence electrons. The van der Waals surface area contributed by atoms with Crippen LogP contribution in [0.2, 0.25) is 0 Å². The van der Waals surface area contributed by atoms with E-state index in [-0.39, 0.29) is 24.7 Å². The number of rotatable bonds is 7. The predicted molar refractivity (Wildman–Crippen MR) is 116 cm³/mol. The van der Waals surface area contributed by atoms with Crippen LogP contribution in [0, 0.1) is 0 Å². The van der Waals surface area contributed by atoms with Crippen molar-refractivity contribution in [3.05, 3.63) is 59.7 Å². The van der Waals surface area contributed by atoms with Crippen molar-refractivity contribution in [2.45, 2.75) is 38.8 Å². The van der Waals surface area contributed by atoms with Crippen LogP contribution in [0.25, 0.3) is 0 Å². The van der Waals surface area contributed by atoms with Gasteiger partial charge in [-0.05, 0) is 49.2 Å². The number of likely N-dealkylation sites (tertiary alicyclic amines) is 1. The number of nitrogens with one attached hydrogen (secondary N) is 1. The van der Waals surface area contributed by atoms with E-state index in [0.29, 0.717) is 19.7 Å². The number of hydrogen-bond donors (Lipinski definition) is 1. The van der Waals surface area contributed by atoms with E-state index in [0.717, 1.165) is 23.5 Å². The van der Waals surface area contributed by atoms with Crippen molar-refractivity contribution < 1.29 is 14.3 Å². The Morgan fingerprint density at radius 1 is 0.900 bits per heavy atom. The number of anilines is 1. The molecule has 2 heterocycles. The summed E-state index contributed by atoms with van der Waals surface area (Å²) in [5.74, 6) is 0.563. The Morgan fingerprint density at radius 2 is 1.63 bits per heavy atom. The van der Waals surface area contributed by atoms with Crippen LogP contribution >= 0.6 is 0 Å². The number of carbonyl (C=O) groups excluding carboxylic acids is 2. The first-order chi connectivity index (χ1) is 14.7. The van der Waals surface area contributed by atoms with E-state index >= 15 is 0 Å². The molecule has 0 bridgehead atoms. The summed E-state index contributed by atoms with van der Waals surface area (Å²) >= 11 is 0. The first-order valence-electron chi connectivity index (χ1n) is 10.8. The fourth-order valence-electron chi connectivity index (χ4n) is 4.03. The molecular weight excluding hydrogens is 378 g/mol. The lowest BCUT2D eigenvalue weighted by molar-refractivity contribution is -0.125. The largest absolute Gasteiger partial charge is 0.490 e. The molecule has 6 nitrogen and oxygen atoms in total. The van der Waals surface area contributed by atoms with Gasteiger partial charge in [-0.2, -0.15) is 0 Å². The van der Waals surface area contributed by atoms with Crippen molar-refractivity contribution in [2.75, 3.05) is 31.1 Å². The Morgan fingerprint density at radius 3 is 2.43 bits per heavy atom. The number of hydrogen-bond acceptors (Lipinski definition) is 4. The van der Waals surface area contributed by atoms with Crippen molar-refractivity contribution in [2.24, 2.45) is 0 Å². The predicted octanol–water partition coefficient (Wildman–Crippen LogP) is 3.10. The molecule has 2 aromatic carbocycles. The summed E-state index contributed by atoms with van der Waals surface area (Å²) in [5, 5.41) is 2.92. The fraction of sp³-hybridized carbons (Fsp3) is 0.417. The van der Waals surface area contributed by atoms with E-state index in [9.17, 15) is 9.59 Å². The molecule has 2 amide bonds. The zero-order valence-corrected chi connectivity index (χ0v) is 17.3. The molecule has 0 saturated carbocycles. The highest BCUT2D eigenvalue weighted by molar-refractivity contribution is 5.97. The second-order valence-electron chi connectivity index (χ2n) is 7.94. The molecule has 0 atom stereocenters. The molecule has 2 aliphatic heterocycles. The van der Waals surface area contributed by atoms with Gasteiger partial charge in [-0.1, -0.05) is 36.4 Å². The normalized spacial score (nSPS) is 16.1. The molecule has 4 rings (SSSR count). The average Bonchev–Trinajstić information content (AvgIpc) is 3.29. The lowest BCUT2D eigenvalue weighted by atomic mass is 10.1. The van der Waals surface area contributed by atoms with Crippen molar-refractivity contribution in [1.82, 2.24) is 10.2 Å². The number of fused-ring (bicyclic) bond motifs is 1. The summed E-state index contributed by atoms with van der Waals surface area (Å²) in [6, 6.07) is 15.9. The Labute approximate surface area is 177 Å². The second kappa shape index (κ2) is 9.76. The summed E-state index contributed by atoms with van der Waals surface area (Å²) in [6.45, 7) is 4.85. The van der Waals surface area contributed by atoms with Gasteiger partial charge in [-0.3, -0.25) is 14.5 Å². The third kappa shape index (κ3) is 5.19. The Balaban J connectivity index is 1.21. The van der Waals surface area contributed by atoms with Crippen LogP contribution in [0.4, 0.5) is 5.69 Å². The van der Waals surface area contributed by atoms with Crippen LogP contribution in [-0.4, -0.2) is 43.0 Å². The van der Waals surface area contributed by atoms with Crippen molar-refractivity contribution in [3.63, 3.8) is 0 Å². The SMILES string of the molecule is O=C(CCC(=O)N1CCOc2ccccc21)NCc1ccc(CN2CCCC2)cc1. The van der Waals surface area contributed by atoms with Crippen molar-refractivity contribution in [1.29, 1.82) is 0 Å². The van der Waals surface area contributed by atoms with Gasteiger partial charge in [-0.25, -0.2) is 0 Å². The Hall–Kier alpha value is -2.86. The number of amides is 2. The topological polar surface area (TPSA) is 61.9 Å². The van der Waals surface area contributed by atoms with Crippen LogP contribution in [0.5, 0.6) is 5.75 Å². The summed E-state index contributed by atoms with van der Waals surface area (Å²) in [4.78, 5) is 29.0. The van der Waals surface area contributed by atoms with E-state index in [1.807, 2.05) is 24.3 Å². The number of ether oxygens (including phenoxy) is 1. The monoisotopic (exact) mass is 407 g/mol. The summed E-state index contributed by atoms with van der Waals surface area (Å²) in [7, 11) is 0. The number of carbonyl (C=O) groups is 2. The molecule has 1 N–H and O–H groups in total. The molecule has 0 radical (unpaired) electrons. The van der Waals surface area contributed by atoms with E-state index in [1.165, 1.54) is 31.5 Å². The van der Waals surface area contributed by atoms with Gasteiger partial charge in [0.25, 0.3) is 0 Å². The number of benzene rings is 2. The molecule has 0 spiro atoms. The number of para-hydroxylation sites is 2. The molecule has 0 aliphatic carbocycles. The van der Waals surface area contributed by atoms with Gasteiger partial charge >= 0.3 is 0 Å². The summed E-state index contributed by atoms with van der Waals surface area (Å²) in [5.41, 5.74) is 3.16. The first kappa shape index (κ1) is 20.4. The van der Waals surface area contributed by atoms with Crippen LogP contribution in [0.1, 0.15) is 36.8 Å². The summed E-state index contributed by atoms with van der Waals surface area (Å²) < 4.78 is 5.59. The van der Waals surface area contributed by atoms with Crippen molar-refractivity contribution >= 4 is 17.5 Å². The molecule has 0 unspecified atom stereocenters. The van der Waals surface area contributed by atoms with E-state index in [2.05, 4.69) is 34.5 Å². The van der Waals surface area contributed by atoms with Gasteiger partial charge in [0, 0.05) is 25.9 Å². The number of nitrogens with zero attached hydrogens (tertiary/aromatic N) is 2. The van der Waals surface area contributed by atoms with Gasteiger partial charge in [0.1, 0.15) is 12.4 Å². The molecular formula is C24H29N3O3. The van der Waals surface area contributed by atoms with Crippen molar-refractivity contribution in [3.8, 4) is 5.75 Å². The standard InChI is InChI=1S/C24H29N3O3/c28-23(11-12-24(29)27-15-16-30-22-6-2-1-5-21(22)27)25-17-19-7-9-20(10-8-19)18-26-13-3-4-14-26/h1-2,5-10H,3-4,11-18H2,(H,25,28). The molecule has 2 aliphatic rings. The van der Waals surface area contributed by atoms with Crippen LogP contribution in [0.3, 0.4) is 0 Å². The molecule has 1 fully saturated rings. The minimum atomic E-state index is -0.106. The van der Waals surface area contributed by atoms with Crippen LogP contribution < -0.4 is 15.0 Å². The second-order valence-corrected chi connectivity index (χ2v) is 7.94. The summed E-state index contributed by atoms with van der Waals surface area (Å²) in [6.07, 6.45) is 2.97. The zero-order valence-electron chi connectivity index (χ0n) is 17.3. The molecule has 1 saturated heterocycles. The highest BCUT2D eigenvalue weighted by atomic mass is 16.5. The van der Waals surface area contributed by atoms with Crippen LogP contribution in [0.15, 0.2) is 48.5 Å². The third-order valence-corrected chi connectivity index (χ3v) is 5.71. The maximum atomic E-state index is 12.6. The minimum Gasteiger partial charge on any atom is -0.490 e. The zero-order chi connectivity index (χ0) is 20.8. The quantitative estimate of drug-likeness (QED) is 0.766. The van der Waals surface area contributed by atoms with Crippen LogP contribution in [-0.2, 0) is 22.7 Å². The molecule has 30 heavy (non-hydrogen) atoms. The third-order valence-electron chi connectivity index (χ3n) is 5.71. The van der Waals surface area contributed by atoms with Gasteiger partial charge in [0.2, 0.25) is 11.8 Å². The maximum Gasteiger partial charge on any atom is 0.227 e. The fourth-order valence-corrected chi connectivity index (χ4v) is 4.03. The smallest absolute Gasteiger partial charge is 0.227 e. The lowest BCUT2D eigenvalue weighted by Crippen LogP contribution is -2.38. The molecule has 2 aromatic rings. The first-order valence-corrected chi connectivity index (χ1v) is 10.8. The Kier molecular flexibility index (Phi) is 6.64. The van der Waals surface area contributed by atoms with Gasteiger partial charge in [-0.15, -0.1) is 0 Å². The van der Waals surface area contributed by atoms with E-state index < -0.39 is 0 Å². The highest BCUT2D eigenvalue weighted by Gasteiger charge is 2.23. The average molecular weight is 408 g/mol. The van der Waals surface area contributed by atoms with E-state index in [1.54, 1.807) is 4.90 Å².